The van der Waals surface area contributed by atoms with Crippen molar-refractivity contribution >= 4 is 0 Å². The maximum atomic E-state index is 6.23. The van der Waals surface area contributed by atoms with E-state index in [1.54, 1.807) is 0 Å². The first-order valence-corrected chi connectivity index (χ1v) is 6.66. The summed E-state index contributed by atoms with van der Waals surface area (Å²) >= 11 is 0. The average molecular weight is 241 g/mol. The molecule has 0 radical (unpaired) electrons. The molecule has 18 heavy (non-hydrogen) atoms. The Hall–Kier alpha value is -1.61. The fourth-order valence-corrected chi connectivity index (χ4v) is 2.75. The molecule has 2 aromatic rings. The van der Waals surface area contributed by atoms with E-state index in [1.165, 1.54) is 36.0 Å². The maximum absolute atomic E-state index is 6.23. The Balaban J connectivity index is 1.85. The van der Waals surface area contributed by atoms with E-state index >= 15 is 0 Å². The number of pyridine rings is 1. The Morgan fingerprint density at radius 1 is 1.33 bits per heavy atom. The van der Waals surface area contributed by atoms with Crippen molar-refractivity contribution in [1.82, 2.24) is 9.55 Å². The van der Waals surface area contributed by atoms with Crippen molar-refractivity contribution in [3.05, 3.63) is 53.6 Å². The number of rotatable bonds is 2. The molecule has 94 valence electrons. The van der Waals surface area contributed by atoms with Crippen LogP contribution in [0.2, 0.25) is 0 Å². The first kappa shape index (κ1) is 11.5. The Morgan fingerprint density at radius 3 is 3.11 bits per heavy atom. The molecule has 0 aromatic carbocycles. The number of nitrogens with zero attached hydrogens (tertiary/aromatic N) is 2. The van der Waals surface area contributed by atoms with Gasteiger partial charge in [-0.15, -0.1) is 0 Å². The van der Waals surface area contributed by atoms with Gasteiger partial charge in [-0.2, -0.15) is 0 Å². The van der Waals surface area contributed by atoms with Gasteiger partial charge in [-0.05, 0) is 42.0 Å². The van der Waals surface area contributed by atoms with E-state index in [4.69, 9.17) is 5.73 Å². The molecule has 1 atom stereocenters. The number of hydrogen-bond acceptors (Lipinski definition) is 2. The molecule has 0 saturated heterocycles. The SMILES string of the molecule is NC1CCCCc2cn(Cc3cccnc3)cc21. The lowest BCUT2D eigenvalue weighted by Gasteiger charge is -2.07. The van der Waals surface area contributed by atoms with Crippen molar-refractivity contribution in [1.29, 1.82) is 0 Å². The summed E-state index contributed by atoms with van der Waals surface area (Å²) in [6.45, 7) is 0.882. The van der Waals surface area contributed by atoms with Crippen molar-refractivity contribution in [2.24, 2.45) is 5.73 Å². The third kappa shape index (κ3) is 2.31. The molecule has 2 aromatic heterocycles. The molecule has 1 aliphatic rings. The lowest BCUT2D eigenvalue weighted by molar-refractivity contribution is 0.610. The van der Waals surface area contributed by atoms with Crippen LogP contribution in [0.4, 0.5) is 0 Å². The Morgan fingerprint density at radius 2 is 2.28 bits per heavy atom. The van der Waals surface area contributed by atoms with Crippen LogP contribution < -0.4 is 5.73 Å². The highest BCUT2D eigenvalue weighted by atomic mass is 14.9. The summed E-state index contributed by atoms with van der Waals surface area (Å²) in [6, 6.07) is 4.31. The van der Waals surface area contributed by atoms with E-state index in [2.05, 4.69) is 28.0 Å². The molecule has 2 N–H and O–H groups in total. The number of aromatic nitrogens is 2. The van der Waals surface area contributed by atoms with Gasteiger partial charge in [0.05, 0.1) is 0 Å². The third-order valence-corrected chi connectivity index (χ3v) is 3.70. The number of nitrogens with two attached hydrogens (primary N) is 1. The van der Waals surface area contributed by atoms with Crippen LogP contribution in [0, 0.1) is 0 Å². The normalized spacial score (nSPS) is 19.3. The van der Waals surface area contributed by atoms with Gasteiger partial charge in [0.2, 0.25) is 0 Å². The second-order valence-electron chi connectivity index (χ2n) is 5.12. The second kappa shape index (κ2) is 4.94. The van der Waals surface area contributed by atoms with Crippen molar-refractivity contribution < 1.29 is 0 Å². The van der Waals surface area contributed by atoms with Gasteiger partial charge in [0, 0.05) is 37.4 Å². The van der Waals surface area contributed by atoms with E-state index in [1.807, 2.05) is 18.5 Å². The largest absolute Gasteiger partial charge is 0.349 e. The van der Waals surface area contributed by atoms with Gasteiger partial charge in [0.25, 0.3) is 0 Å². The summed E-state index contributed by atoms with van der Waals surface area (Å²) in [5.74, 6) is 0. The van der Waals surface area contributed by atoms with Crippen LogP contribution in [0.1, 0.15) is 42.0 Å². The van der Waals surface area contributed by atoms with Crippen molar-refractivity contribution in [3.8, 4) is 0 Å². The van der Waals surface area contributed by atoms with Gasteiger partial charge < -0.3 is 10.3 Å². The first-order chi connectivity index (χ1) is 8.83. The summed E-state index contributed by atoms with van der Waals surface area (Å²) in [5.41, 5.74) is 10.2. The van der Waals surface area contributed by atoms with E-state index in [0.717, 1.165) is 13.0 Å². The molecule has 1 aliphatic carbocycles. The molecule has 0 saturated carbocycles. The molecule has 3 nitrogen and oxygen atoms in total. The van der Waals surface area contributed by atoms with Crippen LogP contribution in [0.5, 0.6) is 0 Å². The Bertz CT molecular complexity index is 516. The van der Waals surface area contributed by atoms with Crippen molar-refractivity contribution in [2.45, 2.75) is 38.3 Å². The first-order valence-electron chi connectivity index (χ1n) is 6.66. The molecule has 2 heterocycles. The zero-order chi connectivity index (χ0) is 12.4. The topological polar surface area (TPSA) is 43.8 Å². The molecule has 3 rings (SSSR count). The fourth-order valence-electron chi connectivity index (χ4n) is 2.75. The van der Waals surface area contributed by atoms with Crippen LogP contribution in [-0.4, -0.2) is 9.55 Å². The Labute approximate surface area is 108 Å². The number of fused-ring (bicyclic) bond motifs is 1. The van der Waals surface area contributed by atoms with Crippen LogP contribution in [-0.2, 0) is 13.0 Å². The predicted octanol–water partition coefficient (Wildman–Crippen LogP) is 2.66. The van der Waals surface area contributed by atoms with E-state index in [9.17, 15) is 0 Å². The number of hydrogen-bond donors (Lipinski definition) is 1. The predicted molar refractivity (Wildman–Crippen MR) is 72.3 cm³/mol. The van der Waals surface area contributed by atoms with Crippen LogP contribution in [0.25, 0.3) is 0 Å². The fraction of sp³-hybridized carbons (Fsp3) is 0.400. The van der Waals surface area contributed by atoms with Gasteiger partial charge >= 0.3 is 0 Å². The molecule has 1 unspecified atom stereocenters. The quantitative estimate of drug-likeness (QED) is 0.821. The maximum Gasteiger partial charge on any atom is 0.0485 e. The molecule has 0 aliphatic heterocycles. The summed E-state index contributed by atoms with van der Waals surface area (Å²) in [5, 5.41) is 0. The van der Waals surface area contributed by atoms with Crippen molar-refractivity contribution in [3.63, 3.8) is 0 Å². The van der Waals surface area contributed by atoms with Gasteiger partial charge in [-0.3, -0.25) is 4.98 Å². The number of aryl methyl sites for hydroxylation is 1. The molecule has 3 heteroatoms. The molecule has 0 amide bonds. The van der Waals surface area contributed by atoms with Gasteiger partial charge in [-0.1, -0.05) is 12.5 Å². The van der Waals surface area contributed by atoms with Gasteiger partial charge in [-0.25, -0.2) is 0 Å². The second-order valence-corrected chi connectivity index (χ2v) is 5.12. The third-order valence-electron chi connectivity index (χ3n) is 3.70. The lowest BCUT2D eigenvalue weighted by Crippen LogP contribution is -2.09. The summed E-state index contributed by atoms with van der Waals surface area (Å²) in [4.78, 5) is 4.15. The molecular formula is C15H19N3. The minimum Gasteiger partial charge on any atom is -0.349 e. The zero-order valence-corrected chi connectivity index (χ0v) is 10.5. The average Bonchev–Trinajstić information content (AvgIpc) is 2.71. The minimum atomic E-state index is 0.220. The minimum absolute atomic E-state index is 0.220. The smallest absolute Gasteiger partial charge is 0.0485 e. The van der Waals surface area contributed by atoms with Crippen LogP contribution in [0.3, 0.4) is 0 Å². The summed E-state index contributed by atoms with van der Waals surface area (Å²) in [7, 11) is 0. The van der Waals surface area contributed by atoms with Gasteiger partial charge in [0.15, 0.2) is 0 Å². The van der Waals surface area contributed by atoms with Gasteiger partial charge in [0.1, 0.15) is 0 Å². The van der Waals surface area contributed by atoms with E-state index in [0.29, 0.717) is 0 Å². The summed E-state index contributed by atoms with van der Waals surface area (Å²) < 4.78 is 2.24. The molecule has 0 bridgehead atoms. The highest BCUT2D eigenvalue weighted by Gasteiger charge is 2.17. The highest BCUT2D eigenvalue weighted by Crippen LogP contribution is 2.27. The molecule has 0 spiro atoms. The monoisotopic (exact) mass is 241 g/mol. The van der Waals surface area contributed by atoms with Crippen LogP contribution >= 0.6 is 0 Å². The molecule has 0 fully saturated rings. The zero-order valence-electron chi connectivity index (χ0n) is 10.5. The van der Waals surface area contributed by atoms with E-state index < -0.39 is 0 Å². The summed E-state index contributed by atoms with van der Waals surface area (Å²) in [6.07, 6.45) is 13.0. The standard InChI is InChI=1S/C15H19N3/c16-15-6-2-1-5-13-10-18(11-14(13)15)9-12-4-3-7-17-8-12/h3-4,7-8,10-11,15H,1-2,5-6,9,16H2. The van der Waals surface area contributed by atoms with Crippen LogP contribution in [0.15, 0.2) is 36.9 Å². The van der Waals surface area contributed by atoms with E-state index in [-0.39, 0.29) is 6.04 Å². The Kier molecular flexibility index (Phi) is 3.15. The highest BCUT2D eigenvalue weighted by molar-refractivity contribution is 5.29. The lowest BCUT2D eigenvalue weighted by atomic mass is 10.1. The molecular weight excluding hydrogens is 222 g/mol. The van der Waals surface area contributed by atoms with Crippen molar-refractivity contribution in [2.75, 3.05) is 0 Å².